The van der Waals surface area contributed by atoms with Crippen LogP contribution in [0.5, 0.6) is 0 Å². The van der Waals surface area contributed by atoms with Crippen molar-refractivity contribution in [2.24, 2.45) is 0 Å². The van der Waals surface area contributed by atoms with Crippen LogP contribution < -0.4 is 21.1 Å². The zero-order chi connectivity index (χ0) is 24.1. The van der Waals surface area contributed by atoms with Crippen LogP contribution in [0.2, 0.25) is 0 Å². The molecule has 0 bridgehead atoms. The Balaban J connectivity index is 1.49. The number of nitrogens with one attached hydrogen (secondary N) is 2. The van der Waals surface area contributed by atoms with Crippen molar-refractivity contribution >= 4 is 44.8 Å². The van der Waals surface area contributed by atoms with Crippen molar-refractivity contribution in [2.75, 3.05) is 48.8 Å². The number of likely N-dealkylation sites (N-methyl/N-ethyl adjacent to an activating group) is 1. The molecule has 0 saturated carbocycles. The molecule has 34 heavy (non-hydrogen) atoms. The summed E-state index contributed by atoms with van der Waals surface area (Å²) in [5.41, 5.74) is 2.55. The van der Waals surface area contributed by atoms with E-state index in [2.05, 4.69) is 79.4 Å². The van der Waals surface area contributed by atoms with Crippen LogP contribution in [0, 0.1) is 0 Å². The smallest absolute Gasteiger partial charge is 0.274 e. The standard InChI is InChI=1S/C25H32BrN7O/c1-4-19(5-2)33-12-6-7-22(24(33)34)29-23-21(26)17-27-25(30-23)28-18-8-10-20(11-9-18)32-15-13-31(3)14-16-32/h6-12,17,19H,4-5,13-16H2,1-3H3,(H2,27,28,29,30). The maximum Gasteiger partial charge on any atom is 0.274 e. The van der Waals surface area contributed by atoms with Gasteiger partial charge in [0.1, 0.15) is 5.69 Å². The normalized spacial score (nSPS) is 14.4. The molecule has 180 valence electrons. The van der Waals surface area contributed by atoms with Crippen LogP contribution in [0.4, 0.5) is 28.8 Å². The molecule has 1 fully saturated rings. The molecule has 3 aromatic rings. The largest absolute Gasteiger partial charge is 0.369 e. The van der Waals surface area contributed by atoms with Gasteiger partial charge < -0.3 is 25.0 Å². The van der Waals surface area contributed by atoms with Gasteiger partial charge in [-0.3, -0.25) is 4.79 Å². The van der Waals surface area contributed by atoms with Gasteiger partial charge in [-0.1, -0.05) is 13.8 Å². The first-order valence-corrected chi connectivity index (χ1v) is 12.6. The average molecular weight is 526 g/mol. The minimum Gasteiger partial charge on any atom is -0.369 e. The van der Waals surface area contributed by atoms with Gasteiger partial charge in [-0.2, -0.15) is 4.98 Å². The SMILES string of the molecule is CCC(CC)n1cccc(Nc2nc(Nc3ccc(N4CCN(C)CC4)cc3)ncc2Br)c1=O. The molecule has 1 aromatic carbocycles. The topological polar surface area (TPSA) is 78.3 Å². The highest BCUT2D eigenvalue weighted by Gasteiger charge is 2.15. The van der Waals surface area contributed by atoms with Gasteiger partial charge in [0.25, 0.3) is 5.56 Å². The van der Waals surface area contributed by atoms with Gasteiger partial charge in [-0.15, -0.1) is 0 Å². The number of pyridine rings is 1. The number of benzene rings is 1. The maximum absolute atomic E-state index is 13.0. The Hall–Kier alpha value is -2.91. The molecule has 1 aliphatic rings. The molecule has 1 saturated heterocycles. The summed E-state index contributed by atoms with van der Waals surface area (Å²) in [5, 5.41) is 6.45. The van der Waals surface area contributed by atoms with Crippen molar-refractivity contribution in [1.29, 1.82) is 0 Å². The Morgan fingerprint density at radius 1 is 1.03 bits per heavy atom. The second kappa shape index (κ2) is 11.0. The molecule has 8 nitrogen and oxygen atoms in total. The number of aromatic nitrogens is 3. The van der Waals surface area contributed by atoms with E-state index in [4.69, 9.17) is 0 Å². The fourth-order valence-electron chi connectivity index (χ4n) is 4.17. The molecular formula is C25H32BrN7O. The lowest BCUT2D eigenvalue weighted by atomic mass is 10.1. The first-order chi connectivity index (χ1) is 16.5. The third-order valence-corrected chi connectivity index (χ3v) is 6.88. The molecule has 0 radical (unpaired) electrons. The lowest BCUT2D eigenvalue weighted by Gasteiger charge is -2.34. The van der Waals surface area contributed by atoms with Crippen molar-refractivity contribution in [3.8, 4) is 0 Å². The molecule has 2 aromatic heterocycles. The Morgan fingerprint density at radius 2 is 1.74 bits per heavy atom. The molecule has 3 heterocycles. The van der Waals surface area contributed by atoms with E-state index in [0.29, 0.717) is 21.9 Å². The summed E-state index contributed by atoms with van der Waals surface area (Å²) in [6, 6.07) is 12.2. The second-order valence-corrected chi connectivity index (χ2v) is 9.44. The van der Waals surface area contributed by atoms with Crippen molar-refractivity contribution in [1.82, 2.24) is 19.4 Å². The van der Waals surface area contributed by atoms with E-state index >= 15 is 0 Å². The van der Waals surface area contributed by atoms with Crippen LogP contribution in [0.15, 0.2) is 58.1 Å². The predicted octanol–water partition coefficient (Wildman–Crippen LogP) is 5.00. The second-order valence-electron chi connectivity index (χ2n) is 8.58. The summed E-state index contributed by atoms with van der Waals surface area (Å²) in [6.45, 7) is 8.41. The van der Waals surface area contributed by atoms with Gasteiger partial charge in [0.2, 0.25) is 5.95 Å². The van der Waals surface area contributed by atoms with E-state index in [0.717, 1.165) is 44.7 Å². The van der Waals surface area contributed by atoms with E-state index in [1.54, 1.807) is 16.8 Å². The molecule has 0 spiro atoms. The third kappa shape index (κ3) is 5.59. The highest BCUT2D eigenvalue weighted by molar-refractivity contribution is 9.10. The Morgan fingerprint density at radius 3 is 2.41 bits per heavy atom. The maximum atomic E-state index is 13.0. The molecule has 0 unspecified atom stereocenters. The molecule has 1 aliphatic heterocycles. The lowest BCUT2D eigenvalue weighted by Crippen LogP contribution is -2.44. The summed E-state index contributed by atoms with van der Waals surface area (Å²) in [7, 11) is 2.16. The van der Waals surface area contributed by atoms with Gasteiger partial charge in [0, 0.05) is 56.0 Å². The van der Waals surface area contributed by atoms with Crippen molar-refractivity contribution in [2.45, 2.75) is 32.7 Å². The zero-order valence-electron chi connectivity index (χ0n) is 20.0. The summed E-state index contributed by atoms with van der Waals surface area (Å²) < 4.78 is 2.47. The van der Waals surface area contributed by atoms with Crippen molar-refractivity contribution in [3.05, 3.63) is 63.6 Å². The van der Waals surface area contributed by atoms with Crippen molar-refractivity contribution < 1.29 is 0 Å². The minimum absolute atomic E-state index is 0.0595. The zero-order valence-corrected chi connectivity index (χ0v) is 21.5. The van der Waals surface area contributed by atoms with E-state index in [1.165, 1.54) is 5.69 Å². The monoisotopic (exact) mass is 525 g/mol. The first-order valence-electron chi connectivity index (χ1n) is 11.8. The fourth-order valence-corrected chi connectivity index (χ4v) is 4.46. The number of hydrogen-bond acceptors (Lipinski definition) is 7. The average Bonchev–Trinajstić information content (AvgIpc) is 2.85. The highest BCUT2D eigenvalue weighted by Crippen LogP contribution is 2.26. The van der Waals surface area contributed by atoms with E-state index in [1.807, 2.05) is 24.4 Å². The van der Waals surface area contributed by atoms with Gasteiger partial charge >= 0.3 is 0 Å². The van der Waals surface area contributed by atoms with E-state index in [9.17, 15) is 4.79 Å². The van der Waals surface area contributed by atoms with Gasteiger partial charge in [0.05, 0.1) is 4.47 Å². The van der Waals surface area contributed by atoms with Crippen molar-refractivity contribution in [3.63, 3.8) is 0 Å². The molecule has 2 N–H and O–H groups in total. The van der Waals surface area contributed by atoms with Gasteiger partial charge in [0.15, 0.2) is 5.82 Å². The Bertz CT molecular complexity index is 1150. The summed E-state index contributed by atoms with van der Waals surface area (Å²) >= 11 is 3.50. The Kier molecular flexibility index (Phi) is 7.84. The summed E-state index contributed by atoms with van der Waals surface area (Å²) in [4.78, 5) is 26.7. The van der Waals surface area contributed by atoms with Crippen LogP contribution >= 0.6 is 15.9 Å². The van der Waals surface area contributed by atoms with Crippen LogP contribution in [-0.4, -0.2) is 52.7 Å². The number of hydrogen-bond donors (Lipinski definition) is 2. The molecular weight excluding hydrogens is 494 g/mol. The van der Waals surface area contributed by atoms with Crippen LogP contribution in [0.1, 0.15) is 32.7 Å². The molecule has 9 heteroatoms. The number of piperazine rings is 1. The number of anilines is 5. The number of nitrogens with zero attached hydrogens (tertiary/aromatic N) is 5. The lowest BCUT2D eigenvalue weighted by molar-refractivity contribution is 0.313. The molecule has 4 rings (SSSR count). The third-order valence-electron chi connectivity index (χ3n) is 6.30. The molecule has 0 atom stereocenters. The summed E-state index contributed by atoms with van der Waals surface area (Å²) in [6.07, 6.45) is 5.33. The van der Waals surface area contributed by atoms with E-state index in [-0.39, 0.29) is 11.6 Å². The van der Waals surface area contributed by atoms with Gasteiger partial charge in [-0.05, 0) is 72.2 Å². The predicted molar refractivity (Wildman–Crippen MR) is 143 cm³/mol. The number of rotatable bonds is 8. The minimum atomic E-state index is -0.0595. The summed E-state index contributed by atoms with van der Waals surface area (Å²) in [5.74, 6) is 0.986. The fraction of sp³-hybridized carbons (Fsp3) is 0.400. The molecule has 0 amide bonds. The first kappa shape index (κ1) is 24.2. The highest BCUT2D eigenvalue weighted by atomic mass is 79.9. The number of halogens is 1. The van der Waals surface area contributed by atoms with E-state index < -0.39 is 0 Å². The van der Waals surface area contributed by atoms with Crippen LogP contribution in [-0.2, 0) is 0 Å². The van der Waals surface area contributed by atoms with Gasteiger partial charge in [-0.25, -0.2) is 4.98 Å². The quantitative estimate of drug-likeness (QED) is 0.428. The molecule has 0 aliphatic carbocycles. The van der Waals surface area contributed by atoms with Crippen LogP contribution in [0.3, 0.4) is 0 Å². The van der Waals surface area contributed by atoms with Crippen LogP contribution in [0.25, 0.3) is 0 Å². The Labute approximate surface area is 209 Å².